The van der Waals surface area contributed by atoms with E-state index >= 15 is 0 Å². The van der Waals surface area contributed by atoms with E-state index in [-0.39, 0.29) is 6.10 Å². The zero-order chi connectivity index (χ0) is 11.6. The van der Waals surface area contributed by atoms with Gasteiger partial charge in [0, 0.05) is 13.2 Å². The summed E-state index contributed by atoms with van der Waals surface area (Å²) in [6.07, 6.45) is 10.9. The van der Waals surface area contributed by atoms with Crippen molar-refractivity contribution in [1.82, 2.24) is 0 Å². The van der Waals surface area contributed by atoms with Crippen LogP contribution in [0.15, 0.2) is 0 Å². The van der Waals surface area contributed by atoms with E-state index in [1.165, 1.54) is 44.9 Å². The van der Waals surface area contributed by atoms with Gasteiger partial charge in [-0.1, -0.05) is 39.0 Å². The van der Waals surface area contributed by atoms with Crippen molar-refractivity contribution in [1.29, 1.82) is 0 Å². The Hall–Kier alpha value is -0.0800. The Kier molecular flexibility index (Phi) is 7.87. The van der Waals surface area contributed by atoms with Crippen molar-refractivity contribution in [2.45, 2.75) is 70.8 Å². The van der Waals surface area contributed by atoms with Crippen molar-refractivity contribution < 1.29 is 9.84 Å². The molecule has 1 fully saturated rings. The molecule has 1 aliphatic carbocycles. The molecule has 1 aliphatic rings. The highest BCUT2D eigenvalue weighted by molar-refractivity contribution is 4.76. The molecule has 0 saturated heterocycles. The summed E-state index contributed by atoms with van der Waals surface area (Å²) >= 11 is 0. The van der Waals surface area contributed by atoms with Crippen LogP contribution in [-0.4, -0.2) is 24.4 Å². The Labute approximate surface area is 100 Å². The standard InChI is InChI=1S/C14H28O2/c1-2-3-4-5-6-11-16-12-10-13-8-7-9-14(13)15/h13-15H,2-12H2,1H3. The van der Waals surface area contributed by atoms with E-state index < -0.39 is 0 Å². The molecular weight excluding hydrogens is 200 g/mol. The normalized spacial score (nSPS) is 25.1. The van der Waals surface area contributed by atoms with Gasteiger partial charge < -0.3 is 9.84 Å². The van der Waals surface area contributed by atoms with Gasteiger partial charge in [0.15, 0.2) is 0 Å². The Morgan fingerprint density at radius 3 is 2.56 bits per heavy atom. The molecule has 0 bridgehead atoms. The molecule has 1 saturated carbocycles. The molecule has 0 radical (unpaired) electrons. The van der Waals surface area contributed by atoms with Crippen LogP contribution in [0.1, 0.15) is 64.7 Å². The molecule has 96 valence electrons. The summed E-state index contributed by atoms with van der Waals surface area (Å²) in [6, 6.07) is 0. The molecule has 0 heterocycles. The highest BCUT2D eigenvalue weighted by Gasteiger charge is 2.24. The molecular formula is C14H28O2. The lowest BCUT2D eigenvalue weighted by atomic mass is 10.0. The van der Waals surface area contributed by atoms with E-state index in [1.54, 1.807) is 0 Å². The number of hydrogen-bond acceptors (Lipinski definition) is 2. The van der Waals surface area contributed by atoms with Gasteiger partial charge in [-0.25, -0.2) is 0 Å². The topological polar surface area (TPSA) is 29.5 Å². The number of unbranched alkanes of at least 4 members (excludes halogenated alkanes) is 4. The van der Waals surface area contributed by atoms with Gasteiger partial charge in [0.05, 0.1) is 6.10 Å². The van der Waals surface area contributed by atoms with Crippen molar-refractivity contribution in [2.75, 3.05) is 13.2 Å². The van der Waals surface area contributed by atoms with Gasteiger partial charge in [-0.3, -0.25) is 0 Å². The van der Waals surface area contributed by atoms with E-state index in [0.717, 1.165) is 26.1 Å². The zero-order valence-electron chi connectivity index (χ0n) is 10.8. The van der Waals surface area contributed by atoms with Crippen molar-refractivity contribution in [2.24, 2.45) is 5.92 Å². The average Bonchev–Trinajstić information content (AvgIpc) is 2.68. The molecule has 2 atom stereocenters. The average molecular weight is 228 g/mol. The maximum absolute atomic E-state index is 9.63. The Balaban J connectivity index is 1.81. The third-order valence-corrected chi connectivity index (χ3v) is 3.64. The van der Waals surface area contributed by atoms with Crippen LogP contribution in [0.3, 0.4) is 0 Å². The molecule has 16 heavy (non-hydrogen) atoms. The highest BCUT2D eigenvalue weighted by atomic mass is 16.5. The van der Waals surface area contributed by atoms with Crippen molar-refractivity contribution in [3.05, 3.63) is 0 Å². The Bertz CT molecular complexity index is 159. The first-order valence-electron chi connectivity index (χ1n) is 7.10. The van der Waals surface area contributed by atoms with Crippen LogP contribution in [0.25, 0.3) is 0 Å². The van der Waals surface area contributed by atoms with E-state index in [0.29, 0.717) is 5.92 Å². The molecule has 0 aromatic rings. The Morgan fingerprint density at radius 2 is 1.88 bits per heavy atom. The fourth-order valence-corrected chi connectivity index (χ4v) is 2.50. The second-order valence-electron chi connectivity index (χ2n) is 5.07. The van der Waals surface area contributed by atoms with E-state index in [1.807, 2.05) is 0 Å². The number of rotatable bonds is 9. The van der Waals surface area contributed by atoms with Crippen LogP contribution in [-0.2, 0) is 4.74 Å². The van der Waals surface area contributed by atoms with Crippen LogP contribution in [0.5, 0.6) is 0 Å². The van der Waals surface area contributed by atoms with Crippen LogP contribution in [0.4, 0.5) is 0 Å². The molecule has 0 aromatic carbocycles. The van der Waals surface area contributed by atoms with Crippen LogP contribution in [0.2, 0.25) is 0 Å². The summed E-state index contributed by atoms with van der Waals surface area (Å²) in [4.78, 5) is 0. The molecule has 2 unspecified atom stereocenters. The summed E-state index contributed by atoms with van der Waals surface area (Å²) < 4.78 is 5.61. The van der Waals surface area contributed by atoms with Gasteiger partial charge in [0.2, 0.25) is 0 Å². The molecule has 0 amide bonds. The molecule has 0 aliphatic heterocycles. The molecule has 2 nitrogen and oxygen atoms in total. The van der Waals surface area contributed by atoms with Crippen molar-refractivity contribution in [3.8, 4) is 0 Å². The van der Waals surface area contributed by atoms with Gasteiger partial charge in [-0.15, -0.1) is 0 Å². The van der Waals surface area contributed by atoms with Gasteiger partial charge in [-0.2, -0.15) is 0 Å². The lowest BCUT2D eigenvalue weighted by molar-refractivity contribution is 0.0795. The monoisotopic (exact) mass is 228 g/mol. The molecule has 1 N–H and O–H groups in total. The summed E-state index contributed by atoms with van der Waals surface area (Å²) in [6.45, 7) is 3.99. The number of hydrogen-bond donors (Lipinski definition) is 1. The van der Waals surface area contributed by atoms with Gasteiger partial charge in [0.25, 0.3) is 0 Å². The number of aliphatic hydroxyl groups excluding tert-OH is 1. The second-order valence-corrected chi connectivity index (χ2v) is 5.07. The third-order valence-electron chi connectivity index (χ3n) is 3.64. The van der Waals surface area contributed by atoms with Crippen molar-refractivity contribution in [3.63, 3.8) is 0 Å². The number of aliphatic hydroxyl groups is 1. The van der Waals surface area contributed by atoms with Crippen LogP contribution < -0.4 is 0 Å². The van der Waals surface area contributed by atoms with Gasteiger partial charge in [-0.05, 0) is 31.6 Å². The Morgan fingerprint density at radius 1 is 1.06 bits per heavy atom. The maximum atomic E-state index is 9.63. The number of ether oxygens (including phenoxy) is 1. The van der Waals surface area contributed by atoms with Crippen LogP contribution in [0, 0.1) is 5.92 Å². The van der Waals surface area contributed by atoms with Crippen LogP contribution >= 0.6 is 0 Å². The lowest BCUT2D eigenvalue weighted by Gasteiger charge is -2.13. The SMILES string of the molecule is CCCCCCCOCCC1CCCC1O. The molecule has 0 spiro atoms. The summed E-state index contributed by atoms with van der Waals surface area (Å²) in [5, 5.41) is 9.63. The minimum atomic E-state index is -0.0480. The predicted octanol–water partition coefficient (Wildman–Crippen LogP) is 3.52. The highest BCUT2D eigenvalue weighted by Crippen LogP contribution is 2.27. The lowest BCUT2D eigenvalue weighted by Crippen LogP contribution is -2.15. The predicted molar refractivity (Wildman–Crippen MR) is 67.5 cm³/mol. The fourth-order valence-electron chi connectivity index (χ4n) is 2.50. The summed E-state index contributed by atoms with van der Waals surface area (Å²) in [5.41, 5.74) is 0. The first-order chi connectivity index (χ1) is 7.84. The maximum Gasteiger partial charge on any atom is 0.0569 e. The minimum absolute atomic E-state index is 0.0480. The summed E-state index contributed by atoms with van der Waals surface area (Å²) in [5.74, 6) is 0.514. The molecule has 0 aromatic heterocycles. The first kappa shape index (κ1) is 14.0. The van der Waals surface area contributed by atoms with E-state index in [9.17, 15) is 5.11 Å². The molecule has 1 rings (SSSR count). The smallest absolute Gasteiger partial charge is 0.0569 e. The fraction of sp³-hybridized carbons (Fsp3) is 1.00. The first-order valence-corrected chi connectivity index (χ1v) is 7.10. The van der Waals surface area contributed by atoms with E-state index in [4.69, 9.17) is 4.74 Å². The van der Waals surface area contributed by atoms with Gasteiger partial charge >= 0.3 is 0 Å². The largest absolute Gasteiger partial charge is 0.393 e. The summed E-state index contributed by atoms with van der Waals surface area (Å²) in [7, 11) is 0. The van der Waals surface area contributed by atoms with Crippen molar-refractivity contribution >= 4 is 0 Å². The third kappa shape index (κ3) is 5.86. The second kappa shape index (κ2) is 9.00. The zero-order valence-corrected chi connectivity index (χ0v) is 10.8. The van der Waals surface area contributed by atoms with Gasteiger partial charge in [0.1, 0.15) is 0 Å². The molecule has 2 heteroatoms. The minimum Gasteiger partial charge on any atom is -0.393 e. The quantitative estimate of drug-likeness (QED) is 0.612. The van der Waals surface area contributed by atoms with E-state index in [2.05, 4.69) is 6.92 Å².